The summed E-state index contributed by atoms with van der Waals surface area (Å²) in [6.45, 7) is 4.11. The number of likely N-dealkylation sites (tertiary alicyclic amines) is 2. The van der Waals surface area contributed by atoms with Crippen molar-refractivity contribution in [3.8, 4) is 5.75 Å². The monoisotopic (exact) mass is 612 g/mol. The zero-order chi connectivity index (χ0) is 31.7. The Balaban J connectivity index is 1.13. The van der Waals surface area contributed by atoms with E-state index < -0.39 is 23.7 Å². The minimum Gasteiger partial charge on any atom is -0.507 e. The second-order valence-corrected chi connectivity index (χ2v) is 13.5. The van der Waals surface area contributed by atoms with Crippen LogP contribution in [-0.2, 0) is 25.7 Å². The van der Waals surface area contributed by atoms with Gasteiger partial charge in [0.15, 0.2) is 11.6 Å². The van der Waals surface area contributed by atoms with Crippen LogP contribution in [0, 0.1) is 17.8 Å². The van der Waals surface area contributed by atoms with Crippen LogP contribution in [0.2, 0.25) is 0 Å². The van der Waals surface area contributed by atoms with Gasteiger partial charge in [-0.1, -0.05) is 78.4 Å². The number of rotatable bonds is 4. The van der Waals surface area contributed by atoms with Crippen LogP contribution in [0.15, 0.2) is 101 Å². The molecule has 2 saturated heterocycles. The maximum Gasteiger partial charge on any atom is 0.233 e. The van der Waals surface area contributed by atoms with Gasteiger partial charge in [0.25, 0.3) is 0 Å². The molecule has 2 fully saturated rings. The van der Waals surface area contributed by atoms with Crippen molar-refractivity contribution < 1.29 is 24.3 Å². The molecule has 7 heteroatoms. The second-order valence-electron chi connectivity index (χ2n) is 13.5. The zero-order valence-corrected chi connectivity index (χ0v) is 25.8. The maximum absolute atomic E-state index is 14.4. The van der Waals surface area contributed by atoms with E-state index in [-0.39, 0.29) is 41.6 Å². The molecule has 1 N–H and O–H groups in total. The molecular weight excluding hydrogens is 576 g/mol. The fraction of sp³-hybridized carbons (Fsp3) is 0.333. The summed E-state index contributed by atoms with van der Waals surface area (Å²) in [6, 6.07) is 21.5. The van der Waals surface area contributed by atoms with Gasteiger partial charge in [-0.05, 0) is 55.6 Å². The smallest absolute Gasteiger partial charge is 0.233 e. The Morgan fingerprint density at radius 1 is 0.848 bits per heavy atom. The van der Waals surface area contributed by atoms with Crippen LogP contribution in [0.25, 0.3) is 10.8 Å². The van der Waals surface area contributed by atoms with Gasteiger partial charge in [0.2, 0.25) is 11.8 Å². The molecule has 232 valence electrons. The molecule has 7 nitrogen and oxygen atoms in total. The van der Waals surface area contributed by atoms with Crippen molar-refractivity contribution in [3.63, 3.8) is 0 Å². The number of ketones is 2. The number of hydrogen-bond acceptors (Lipinski definition) is 6. The van der Waals surface area contributed by atoms with E-state index in [0.29, 0.717) is 34.1 Å². The van der Waals surface area contributed by atoms with Crippen LogP contribution < -0.4 is 0 Å². The third-order valence-corrected chi connectivity index (χ3v) is 11.0. The fourth-order valence-electron chi connectivity index (χ4n) is 8.80. The van der Waals surface area contributed by atoms with Gasteiger partial charge in [-0.2, -0.15) is 0 Å². The first kappa shape index (κ1) is 28.8. The van der Waals surface area contributed by atoms with E-state index in [2.05, 4.69) is 17.0 Å². The van der Waals surface area contributed by atoms with Crippen molar-refractivity contribution in [2.24, 2.45) is 17.8 Å². The minimum atomic E-state index is -0.668. The fourth-order valence-corrected chi connectivity index (χ4v) is 8.80. The van der Waals surface area contributed by atoms with Crippen LogP contribution in [0.4, 0.5) is 0 Å². The lowest BCUT2D eigenvalue weighted by atomic mass is 9.59. The predicted octanol–water partition coefficient (Wildman–Crippen LogP) is 5.64. The summed E-state index contributed by atoms with van der Waals surface area (Å²) >= 11 is 0. The molecule has 3 aromatic rings. The number of allylic oxidation sites excluding steroid dienone is 6. The van der Waals surface area contributed by atoms with Gasteiger partial charge in [0.05, 0.1) is 11.8 Å². The molecule has 8 rings (SSSR count). The highest BCUT2D eigenvalue weighted by atomic mass is 16.3. The average molecular weight is 613 g/mol. The molecule has 0 aromatic heterocycles. The lowest BCUT2D eigenvalue weighted by molar-refractivity contribution is -0.144. The van der Waals surface area contributed by atoms with Gasteiger partial charge in [-0.25, -0.2) is 0 Å². The minimum absolute atomic E-state index is 0.0721. The van der Waals surface area contributed by atoms with Crippen molar-refractivity contribution in [2.45, 2.75) is 51.1 Å². The van der Waals surface area contributed by atoms with Crippen molar-refractivity contribution in [2.75, 3.05) is 13.1 Å². The summed E-state index contributed by atoms with van der Waals surface area (Å²) in [6.07, 6.45) is 5.52. The number of Topliss-reactive ketones (excluding diaryl/α,β-unsaturated/α-hetero) is 1. The first-order valence-corrected chi connectivity index (χ1v) is 16.4. The van der Waals surface area contributed by atoms with Crippen LogP contribution in [0.1, 0.15) is 49.7 Å². The van der Waals surface area contributed by atoms with Crippen LogP contribution >= 0.6 is 0 Å². The molecule has 46 heavy (non-hydrogen) atoms. The number of phenols is 1. The van der Waals surface area contributed by atoms with E-state index in [9.17, 15) is 24.3 Å². The van der Waals surface area contributed by atoms with Gasteiger partial charge in [-0.3, -0.25) is 29.0 Å². The predicted molar refractivity (Wildman–Crippen MR) is 174 cm³/mol. The number of phenolic OH excluding ortho intramolecular Hbond substituents is 1. The number of hydrogen-bond donors (Lipinski definition) is 1. The molecule has 3 aromatic carbocycles. The Labute approximate surface area is 267 Å². The van der Waals surface area contributed by atoms with Crippen molar-refractivity contribution >= 4 is 34.2 Å². The van der Waals surface area contributed by atoms with Gasteiger partial charge < -0.3 is 5.11 Å². The Morgan fingerprint density at radius 2 is 1.59 bits per heavy atom. The summed E-state index contributed by atoms with van der Waals surface area (Å²) in [5.74, 6) is -2.77. The molecule has 2 aliphatic heterocycles. The molecule has 2 amide bonds. The first-order chi connectivity index (χ1) is 22.3. The average Bonchev–Trinajstić information content (AvgIpc) is 3.33. The highest BCUT2D eigenvalue weighted by molar-refractivity contribution is 6.24. The third kappa shape index (κ3) is 4.43. The highest BCUT2D eigenvalue weighted by Crippen LogP contribution is 2.56. The third-order valence-electron chi connectivity index (χ3n) is 11.0. The molecule has 2 heterocycles. The SMILES string of the molecule is CC1=CC(=O)C2=C(CC3C(=CCC4C(=O)N(C5CCN(Cc6ccccc6)CC5)C(=O)C43)C2c2ccc3ccccc3c2O)C1=O. The van der Waals surface area contributed by atoms with E-state index in [1.54, 1.807) is 11.8 Å². The van der Waals surface area contributed by atoms with E-state index in [4.69, 9.17) is 0 Å². The quantitative estimate of drug-likeness (QED) is 0.233. The summed E-state index contributed by atoms with van der Waals surface area (Å²) in [5, 5.41) is 13.1. The first-order valence-electron chi connectivity index (χ1n) is 16.4. The largest absolute Gasteiger partial charge is 0.507 e. The molecule has 0 spiro atoms. The Morgan fingerprint density at radius 3 is 2.37 bits per heavy atom. The van der Waals surface area contributed by atoms with Gasteiger partial charge in [-0.15, -0.1) is 0 Å². The van der Waals surface area contributed by atoms with E-state index in [1.807, 2.05) is 60.7 Å². The number of benzene rings is 3. The van der Waals surface area contributed by atoms with Crippen molar-refractivity contribution in [1.82, 2.24) is 9.80 Å². The molecule has 0 bridgehead atoms. The number of fused-ring (bicyclic) bond motifs is 4. The molecule has 4 unspecified atom stereocenters. The molecule has 4 atom stereocenters. The topological polar surface area (TPSA) is 95.0 Å². The van der Waals surface area contributed by atoms with Crippen LogP contribution in [0.3, 0.4) is 0 Å². The lowest BCUT2D eigenvalue weighted by Gasteiger charge is -2.42. The van der Waals surface area contributed by atoms with Crippen LogP contribution in [-0.4, -0.2) is 57.4 Å². The van der Waals surface area contributed by atoms with E-state index in [0.717, 1.165) is 43.4 Å². The van der Waals surface area contributed by atoms with Crippen molar-refractivity contribution in [1.29, 1.82) is 0 Å². The molecule has 0 radical (unpaired) electrons. The molecule has 0 saturated carbocycles. The number of imide groups is 1. The molecule has 3 aliphatic carbocycles. The van der Waals surface area contributed by atoms with Crippen LogP contribution in [0.5, 0.6) is 5.75 Å². The standard InChI is InChI=1S/C39H36N2O5/c1-22-19-32(42)35-31(36(22)43)20-30-27(33(35)28-12-11-24-9-5-6-10-26(24)37(28)44)13-14-29-34(30)39(46)41(38(29)45)25-15-17-40(18-16-25)21-23-7-3-2-4-8-23/h2-13,19,25,29-30,33-34,44H,14-18,20-21H2,1H3. The molecule has 5 aliphatic rings. The summed E-state index contributed by atoms with van der Waals surface area (Å²) in [4.78, 5) is 59.5. The van der Waals surface area contributed by atoms with Gasteiger partial charge in [0.1, 0.15) is 5.75 Å². The van der Waals surface area contributed by atoms with E-state index >= 15 is 0 Å². The van der Waals surface area contributed by atoms with Gasteiger partial charge in [0, 0.05) is 59.3 Å². The Kier molecular flexibility index (Phi) is 6.91. The number of aromatic hydroxyl groups is 1. The Bertz CT molecular complexity index is 1910. The summed E-state index contributed by atoms with van der Waals surface area (Å²) in [7, 11) is 0. The number of piperidine rings is 1. The zero-order valence-electron chi connectivity index (χ0n) is 25.8. The number of nitrogens with zero attached hydrogens (tertiary/aromatic N) is 2. The van der Waals surface area contributed by atoms with E-state index in [1.165, 1.54) is 11.6 Å². The number of carbonyl (C=O) groups is 4. The highest BCUT2D eigenvalue weighted by Gasteiger charge is 2.57. The van der Waals surface area contributed by atoms with Crippen molar-refractivity contribution in [3.05, 3.63) is 112 Å². The maximum atomic E-state index is 14.4. The number of amides is 2. The lowest BCUT2D eigenvalue weighted by Crippen LogP contribution is -2.47. The van der Waals surface area contributed by atoms with Gasteiger partial charge >= 0.3 is 0 Å². The summed E-state index contributed by atoms with van der Waals surface area (Å²) in [5.41, 5.74) is 3.84. The Hall–Kier alpha value is -4.62. The second kappa shape index (κ2) is 11.0. The number of carbonyl (C=O) groups excluding carboxylic acids is 4. The summed E-state index contributed by atoms with van der Waals surface area (Å²) < 4.78 is 0. The molecular formula is C39H36N2O5. The normalized spacial score (nSPS) is 27.0.